The predicted molar refractivity (Wildman–Crippen MR) is 101 cm³/mol. The maximum atomic E-state index is 11.9. The van der Waals surface area contributed by atoms with Gasteiger partial charge < -0.3 is 4.90 Å². The molecule has 0 saturated carbocycles. The van der Waals surface area contributed by atoms with Crippen molar-refractivity contribution in [2.45, 2.75) is 90.4 Å². The molecule has 0 aromatic heterocycles. The Morgan fingerprint density at radius 2 is 1.43 bits per heavy atom. The van der Waals surface area contributed by atoms with Crippen LogP contribution in [0.15, 0.2) is 24.3 Å². The van der Waals surface area contributed by atoms with Gasteiger partial charge in [-0.3, -0.25) is 4.79 Å². The number of likely N-dealkylation sites (tertiary alicyclic amines) is 1. The average Bonchev–Trinajstić information content (AvgIpc) is 3.09. The molecule has 0 atom stereocenters. The van der Waals surface area contributed by atoms with Gasteiger partial charge in [0.15, 0.2) is 0 Å². The second-order valence-electron chi connectivity index (χ2n) is 6.72. The third-order valence-corrected chi connectivity index (χ3v) is 4.55. The number of rotatable bonds is 13. The zero-order valence-electron chi connectivity index (χ0n) is 15.3. The molecule has 0 aromatic rings. The number of unbranched alkanes of at least 4 members (excludes halogenated alkanes) is 7. The van der Waals surface area contributed by atoms with E-state index < -0.39 is 0 Å². The Bertz CT molecular complexity index is 340. The van der Waals surface area contributed by atoms with E-state index in [-0.39, 0.29) is 0 Å². The Morgan fingerprint density at radius 1 is 0.826 bits per heavy atom. The zero-order valence-corrected chi connectivity index (χ0v) is 15.3. The summed E-state index contributed by atoms with van der Waals surface area (Å²) in [5.41, 5.74) is 0. The van der Waals surface area contributed by atoms with E-state index in [9.17, 15) is 4.79 Å². The molecular formula is C21H37NO. The Balaban J connectivity index is 1.85. The summed E-state index contributed by atoms with van der Waals surface area (Å²) in [7, 11) is 0. The highest BCUT2D eigenvalue weighted by atomic mass is 16.2. The van der Waals surface area contributed by atoms with E-state index in [1.165, 1.54) is 51.4 Å². The second-order valence-corrected chi connectivity index (χ2v) is 6.72. The summed E-state index contributed by atoms with van der Waals surface area (Å²) >= 11 is 0. The first-order valence-corrected chi connectivity index (χ1v) is 9.92. The van der Waals surface area contributed by atoms with Gasteiger partial charge in [0.05, 0.1) is 0 Å². The molecule has 1 rings (SSSR count). The summed E-state index contributed by atoms with van der Waals surface area (Å²) in [6.07, 6.45) is 24.7. The van der Waals surface area contributed by atoms with Crippen LogP contribution in [-0.2, 0) is 4.79 Å². The molecule has 23 heavy (non-hydrogen) atoms. The molecule has 0 radical (unpaired) electrons. The van der Waals surface area contributed by atoms with Gasteiger partial charge in [-0.05, 0) is 51.4 Å². The molecule has 0 unspecified atom stereocenters. The van der Waals surface area contributed by atoms with Crippen molar-refractivity contribution in [2.75, 3.05) is 13.1 Å². The number of hydrogen-bond acceptors (Lipinski definition) is 1. The Morgan fingerprint density at radius 3 is 2.09 bits per heavy atom. The van der Waals surface area contributed by atoms with Crippen molar-refractivity contribution in [1.82, 2.24) is 4.90 Å². The van der Waals surface area contributed by atoms with Crippen LogP contribution in [0.5, 0.6) is 0 Å². The summed E-state index contributed by atoms with van der Waals surface area (Å²) in [6.45, 7) is 4.24. The molecule has 2 nitrogen and oxygen atoms in total. The fraction of sp³-hybridized carbons (Fsp3) is 0.762. The quantitative estimate of drug-likeness (QED) is 0.300. The normalized spacial score (nSPS) is 15.3. The highest BCUT2D eigenvalue weighted by Crippen LogP contribution is 2.11. The monoisotopic (exact) mass is 319 g/mol. The van der Waals surface area contributed by atoms with Gasteiger partial charge in [-0.1, -0.05) is 56.9 Å². The summed E-state index contributed by atoms with van der Waals surface area (Å²) in [4.78, 5) is 13.9. The van der Waals surface area contributed by atoms with Crippen LogP contribution in [0, 0.1) is 0 Å². The van der Waals surface area contributed by atoms with E-state index in [1.807, 2.05) is 4.90 Å². The molecule has 0 bridgehead atoms. The van der Waals surface area contributed by atoms with Gasteiger partial charge in [-0.2, -0.15) is 0 Å². The number of carbonyl (C=O) groups is 1. The lowest BCUT2D eigenvalue weighted by atomic mass is 10.1. The molecular weight excluding hydrogens is 282 g/mol. The van der Waals surface area contributed by atoms with Gasteiger partial charge in [-0.25, -0.2) is 0 Å². The van der Waals surface area contributed by atoms with Crippen molar-refractivity contribution < 1.29 is 4.79 Å². The smallest absolute Gasteiger partial charge is 0.222 e. The molecule has 0 N–H and O–H groups in total. The summed E-state index contributed by atoms with van der Waals surface area (Å²) in [5.74, 6) is 0.369. The molecule has 2 heteroatoms. The minimum atomic E-state index is 0.369. The number of hydrogen-bond donors (Lipinski definition) is 0. The van der Waals surface area contributed by atoms with Gasteiger partial charge in [0.25, 0.3) is 0 Å². The first-order valence-electron chi connectivity index (χ1n) is 9.92. The minimum Gasteiger partial charge on any atom is -0.343 e. The van der Waals surface area contributed by atoms with E-state index in [0.717, 1.165) is 45.2 Å². The van der Waals surface area contributed by atoms with Crippen molar-refractivity contribution in [3.05, 3.63) is 24.3 Å². The van der Waals surface area contributed by atoms with Crippen LogP contribution in [0.1, 0.15) is 90.4 Å². The van der Waals surface area contributed by atoms with Gasteiger partial charge in [0.1, 0.15) is 0 Å². The van der Waals surface area contributed by atoms with Crippen molar-refractivity contribution in [2.24, 2.45) is 0 Å². The molecule has 132 valence electrons. The summed E-state index contributed by atoms with van der Waals surface area (Å²) in [6, 6.07) is 0. The van der Waals surface area contributed by atoms with Gasteiger partial charge in [0.2, 0.25) is 5.91 Å². The van der Waals surface area contributed by atoms with Crippen LogP contribution in [0.2, 0.25) is 0 Å². The number of amides is 1. The number of allylic oxidation sites excluding steroid dienone is 4. The van der Waals surface area contributed by atoms with Crippen molar-refractivity contribution in [3.8, 4) is 0 Å². The first-order chi connectivity index (χ1) is 11.3. The molecule has 0 aliphatic carbocycles. The summed E-state index contributed by atoms with van der Waals surface area (Å²) < 4.78 is 0. The second kappa shape index (κ2) is 14.5. The van der Waals surface area contributed by atoms with E-state index in [2.05, 4.69) is 31.2 Å². The highest BCUT2D eigenvalue weighted by molar-refractivity contribution is 5.76. The standard InChI is InChI=1S/C21H37NO/c1-2-3-4-5-6-7-8-9-10-11-12-13-14-15-18-21(23)22-19-16-17-20-22/h8-9,11-12H,2-7,10,13-20H2,1H3. The lowest BCUT2D eigenvalue weighted by molar-refractivity contribution is -0.130. The third kappa shape index (κ3) is 11.2. The molecule has 0 aromatic carbocycles. The van der Waals surface area contributed by atoms with Crippen LogP contribution in [0.4, 0.5) is 0 Å². The molecule has 1 fully saturated rings. The van der Waals surface area contributed by atoms with E-state index >= 15 is 0 Å². The van der Waals surface area contributed by atoms with E-state index in [1.54, 1.807) is 0 Å². The fourth-order valence-corrected chi connectivity index (χ4v) is 3.04. The van der Waals surface area contributed by atoms with E-state index in [0.29, 0.717) is 5.91 Å². The maximum absolute atomic E-state index is 11.9. The SMILES string of the molecule is CCCCCCCC=CCC=CCCCCC(=O)N1CCCC1. The van der Waals surface area contributed by atoms with Crippen LogP contribution in [-0.4, -0.2) is 23.9 Å². The van der Waals surface area contributed by atoms with Crippen molar-refractivity contribution >= 4 is 5.91 Å². The molecule has 1 saturated heterocycles. The van der Waals surface area contributed by atoms with E-state index in [4.69, 9.17) is 0 Å². The van der Waals surface area contributed by atoms with Gasteiger partial charge >= 0.3 is 0 Å². The van der Waals surface area contributed by atoms with Gasteiger partial charge in [-0.15, -0.1) is 0 Å². The van der Waals surface area contributed by atoms with Crippen LogP contribution in [0.3, 0.4) is 0 Å². The lowest BCUT2D eigenvalue weighted by Crippen LogP contribution is -2.27. The number of nitrogens with zero attached hydrogens (tertiary/aromatic N) is 1. The minimum absolute atomic E-state index is 0.369. The predicted octanol–water partition coefficient (Wildman–Crippen LogP) is 6.03. The Labute approximate surface area is 144 Å². The number of carbonyl (C=O) groups excluding carboxylic acids is 1. The largest absolute Gasteiger partial charge is 0.343 e. The maximum Gasteiger partial charge on any atom is 0.222 e. The average molecular weight is 320 g/mol. The lowest BCUT2D eigenvalue weighted by Gasteiger charge is -2.14. The van der Waals surface area contributed by atoms with Crippen molar-refractivity contribution in [1.29, 1.82) is 0 Å². The van der Waals surface area contributed by atoms with Gasteiger partial charge in [0, 0.05) is 19.5 Å². The molecule has 1 aliphatic heterocycles. The molecule has 0 spiro atoms. The highest BCUT2D eigenvalue weighted by Gasteiger charge is 2.16. The molecule has 1 aliphatic rings. The fourth-order valence-electron chi connectivity index (χ4n) is 3.04. The molecule has 1 heterocycles. The van der Waals surface area contributed by atoms with Crippen molar-refractivity contribution in [3.63, 3.8) is 0 Å². The third-order valence-electron chi connectivity index (χ3n) is 4.55. The first kappa shape index (κ1) is 20.0. The summed E-state index contributed by atoms with van der Waals surface area (Å²) in [5, 5.41) is 0. The Kier molecular flexibility index (Phi) is 12.6. The zero-order chi connectivity index (χ0) is 16.6. The van der Waals surface area contributed by atoms with Crippen LogP contribution < -0.4 is 0 Å². The van der Waals surface area contributed by atoms with Crippen LogP contribution in [0.25, 0.3) is 0 Å². The topological polar surface area (TPSA) is 20.3 Å². The van der Waals surface area contributed by atoms with Crippen LogP contribution >= 0.6 is 0 Å². The Hall–Kier alpha value is -1.05. The molecule has 1 amide bonds.